The van der Waals surface area contributed by atoms with E-state index in [2.05, 4.69) is 189 Å². The van der Waals surface area contributed by atoms with Crippen LogP contribution in [-0.2, 0) is 5.41 Å². The molecule has 2 nitrogen and oxygen atoms in total. The molecule has 10 rings (SSSR count). The number of hydrogen-bond acceptors (Lipinski definition) is 1. The van der Waals surface area contributed by atoms with Crippen molar-refractivity contribution >= 4 is 32.6 Å². The molecule has 9 aromatic rings. The minimum Gasteiger partial charge on any atom is -0.309 e. The Morgan fingerprint density at radius 2 is 0.892 bits per heavy atom. The highest BCUT2D eigenvalue weighted by atomic mass is 15.0. The van der Waals surface area contributed by atoms with Gasteiger partial charge >= 0.3 is 0 Å². The topological polar surface area (TPSA) is 17.8 Å². The second-order valence-electron chi connectivity index (χ2n) is 19.0. The van der Waals surface area contributed by atoms with Crippen molar-refractivity contribution in [1.82, 2.24) is 9.55 Å². The van der Waals surface area contributed by atoms with E-state index in [1.807, 2.05) is 0 Å². The molecule has 2 heterocycles. The molecule has 0 radical (unpaired) electrons. The Morgan fingerprint density at radius 1 is 0.415 bits per heavy atom. The van der Waals surface area contributed by atoms with Crippen LogP contribution in [0.2, 0.25) is 0 Å². The molecule has 65 heavy (non-hydrogen) atoms. The molecule has 326 valence electrons. The van der Waals surface area contributed by atoms with E-state index in [1.54, 1.807) is 0 Å². The first-order chi connectivity index (χ1) is 32.1. The van der Waals surface area contributed by atoms with Gasteiger partial charge in [-0.3, -0.25) is 4.98 Å². The summed E-state index contributed by atoms with van der Waals surface area (Å²) in [5.74, 6) is 0. The van der Waals surface area contributed by atoms with E-state index in [9.17, 15) is 0 Å². The fraction of sp³-hybridized carbons (Fsp3) is 0.286. The Hall–Kier alpha value is -6.25. The summed E-state index contributed by atoms with van der Waals surface area (Å²) in [5.41, 5.74) is 18.1. The highest BCUT2D eigenvalue weighted by molar-refractivity contribution is 6.09. The monoisotopic (exact) mass is 849 g/mol. The van der Waals surface area contributed by atoms with Crippen LogP contribution < -0.4 is 0 Å². The van der Waals surface area contributed by atoms with Gasteiger partial charge < -0.3 is 4.57 Å². The molecule has 0 spiro atoms. The lowest BCUT2D eigenvalue weighted by Crippen LogP contribution is -2.25. The molecule has 0 saturated heterocycles. The maximum atomic E-state index is 5.14. The van der Waals surface area contributed by atoms with Crippen LogP contribution in [0.15, 0.2) is 164 Å². The Labute approximate surface area is 387 Å². The number of fused-ring (bicyclic) bond motifs is 7. The van der Waals surface area contributed by atoms with Gasteiger partial charge in [0.05, 0.1) is 16.7 Å². The van der Waals surface area contributed by atoms with Crippen molar-refractivity contribution in [2.75, 3.05) is 0 Å². The lowest BCUT2D eigenvalue weighted by atomic mass is 9.70. The molecular weight excluding hydrogens is 785 g/mol. The fourth-order valence-electron chi connectivity index (χ4n) is 11.3. The Morgan fingerprint density at radius 3 is 1.46 bits per heavy atom. The predicted molar refractivity (Wildman–Crippen MR) is 279 cm³/mol. The number of unbranched alkanes of at least 4 members (excludes halogenated alkanes) is 10. The number of pyridine rings is 1. The molecule has 2 heteroatoms. The molecular formula is C63H64N2. The highest BCUT2D eigenvalue weighted by Crippen LogP contribution is 2.56. The first kappa shape index (κ1) is 42.7. The minimum atomic E-state index is -0.0384. The van der Waals surface area contributed by atoms with E-state index in [0.29, 0.717) is 0 Å². The Kier molecular flexibility index (Phi) is 12.5. The van der Waals surface area contributed by atoms with Gasteiger partial charge in [0.1, 0.15) is 0 Å². The van der Waals surface area contributed by atoms with Gasteiger partial charge in [-0.15, -0.1) is 0 Å². The summed E-state index contributed by atoms with van der Waals surface area (Å²) in [6.45, 7) is 6.84. The third kappa shape index (κ3) is 8.22. The Balaban J connectivity index is 1.03. The van der Waals surface area contributed by atoms with Crippen LogP contribution in [0.25, 0.3) is 82.9 Å². The minimum absolute atomic E-state index is 0.0384. The average Bonchev–Trinajstić information content (AvgIpc) is 3.83. The molecule has 2 aromatic heterocycles. The van der Waals surface area contributed by atoms with Gasteiger partial charge in [0, 0.05) is 39.2 Å². The van der Waals surface area contributed by atoms with Crippen molar-refractivity contribution in [3.05, 3.63) is 181 Å². The molecule has 0 fully saturated rings. The molecule has 0 saturated carbocycles. The van der Waals surface area contributed by atoms with Crippen molar-refractivity contribution in [2.24, 2.45) is 0 Å². The van der Waals surface area contributed by atoms with Crippen LogP contribution in [0.5, 0.6) is 0 Å². The molecule has 0 amide bonds. The third-order valence-corrected chi connectivity index (χ3v) is 14.8. The van der Waals surface area contributed by atoms with Gasteiger partial charge in [-0.25, -0.2) is 0 Å². The van der Waals surface area contributed by atoms with E-state index in [0.717, 1.165) is 5.69 Å². The van der Waals surface area contributed by atoms with Crippen molar-refractivity contribution in [2.45, 2.75) is 116 Å². The van der Waals surface area contributed by atoms with E-state index in [-0.39, 0.29) is 5.41 Å². The second kappa shape index (κ2) is 19.1. The van der Waals surface area contributed by atoms with Gasteiger partial charge in [0.2, 0.25) is 0 Å². The SMILES string of the molecule is CCCCCCCCC1(CCCCCCCC)c2cc(-c3ccc(-n4c5ccccc5c5ccccc54)cc3)ccc2-c2ccc(-c3ccc(-c4ccc(C)c5ccccc45)nc3)cc21. The van der Waals surface area contributed by atoms with Gasteiger partial charge in [-0.2, -0.15) is 0 Å². The molecule has 1 aliphatic rings. The highest BCUT2D eigenvalue weighted by Gasteiger charge is 2.42. The average molecular weight is 849 g/mol. The predicted octanol–water partition coefficient (Wildman–Crippen LogP) is 18.4. The van der Waals surface area contributed by atoms with Crippen LogP contribution in [0.3, 0.4) is 0 Å². The number of hydrogen-bond donors (Lipinski definition) is 0. The van der Waals surface area contributed by atoms with Gasteiger partial charge in [0.15, 0.2) is 0 Å². The lowest BCUT2D eigenvalue weighted by Gasteiger charge is -2.33. The Bertz CT molecular complexity index is 3000. The zero-order valence-corrected chi connectivity index (χ0v) is 38.9. The van der Waals surface area contributed by atoms with E-state index in [1.165, 1.54) is 184 Å². The maximum absolute atomic E-state index is 5.14. The summed E-state index contributed by atoms with van der Waals surface area (Å²) in [6, 6.07) is 59.4. The summed E-state index contributed by atoms with van der Waals surface area (Å²) in [5, 5.41) is 5.14. The first-order valence-corrected chi connectivity index (χ1v) is 24.9. The number of para-hydroxylation sites is 2. The largest absolute Gasteiger partial charge is 0.309 e. The zero-order chi connectivity index (χ0) is 44.2. The summed E-state index contributed by atoms with van der Waals surface area (Å²) < 4.78 is 2.42. The normalized spacial score (nSPS) is 12.9. The summed E-state index contributed by atoms with van der Waals surface area (Å²) in [4.78, 5) is 5.14. The standard InChI is InChI=1S/C63H64N2/c1-4-6-8-10-12-20-40-63(41-21-13-11-9-7-5-2)58-42-47(46-29-34-50(35-30-46)65-61-26-18-16-24-56(61)57-25-17-19-27-62(57)65)31-37-53(58)54-38-32-48(43-59(54)63)49-33-39-60(64-44-49)55-36-28-45(3)51-22-14-15-23-52(51)55/h14-19,22-39,42-44H,4-13,20-21,40-41H2,1-3H3. The van der Waals surface area contributed by atoms with E-state index in [4.69, 9.17) is 4.98 Å². The summed E-state index contributed by atoms with van der Waals surface area (Å²) >= 11 is 0. The first-order valence-electron chi connectivity index (χ1n) is 24.9. The molecule has 0 N–H and O–H groups in total. The molecule has 1 aliphatic carbocycles. The number of rotatable bonds is 18. The number of aromatic nitrogens is 2. The quantitative estimate of drug-likeness (QED) is 0.0787. The molecule has 7 aromatic carbocycles. The van der Waals surface area contributed by atoms with Gasteiger partial charge in [-0.05, 0) is 118 Å². The van der Waals surface area contributed by atoms with E-state index >= 15 is 0 Å². The number of aryl methyl sites for hydroxylation is 1. The van der Waals surface area contributed by atoms with Crippen molar-refractivity contribution in [1.29, 1.82) is 0 Å². The zero-order valence-electron chi connectivity index (χ0n) is 38.9. The van der Waals surface area contributed by atoms with Gasteiger partial charge in [-0.1, -0.05) is 206 Å². The third-order valence-electron chi connectivity index (χ3n) is 14.8. The van der Waals surface area contributed by atoms with Crippen molar-refractivity contribution < 1.29 is 0 Å². The van der Waals surface area contributed by atoms with Crippen molar-refractivity contribution in [3.63, 3.8) is 0 Å². The lowest BCUT2D eigenvalue weighted by molar-refractivity contribution is 0.398. The van der Waals surface area contributed by atoms with Crippen LogP contribution in [0.1, 0.15) is 120 Å². The number of benzene rings is 7. The molecule has 0 aliphatic heterocycles. The summed E-state index contributed by atoms with van der Waals surface area (Å²) in [6.07, 6.45) is 20.2. The molecule has 0 unspecified atom stereocenters. The van der Waals surface area contributed by atoms with E-state index < -0.39 is 0 Å². The van der Waals surface area contributed by atoms with Crippen LogP contribution in [0.4, 0.5) is 0 Å². The number of nitrogens with zero attached hydrogens (tertiary/aromatic N) is 2. The molecule has 0 atom stereocenters. The van der Waals surface area contributed by atoms with Crippen LogP contribution >= 0.6 is 0 Å². The van der Waals surface area contributed by atoms with Crippen molar-refractivity contribution in [3.8, 4) is 50.3 Å². The van der Waals surface area contributed by atoms with Gasteiger partial charge in [0.25, 0.3) is 0 Å². The molecule has 0 bridgehead atoms. The second-order valence-corrected chi connectivity index (χ2v) is 19.0. The fourth-order valence-corrected chi connectivity index (χ4v) is 11.3. The van der Waals surface area contributed by atoms with Crippen LogP contribution in [0, 0.1) is 6.92 Å². The van der Waals surface area contributed by atoms with Crippen LogP contribution in [-0.4, -0.2) is 9.55 Å². The summed E-state index contributed by atoms with van der Waals surface area (Å²) in [7, 11) is 0. The maximum Gasteiger partial charge on any atom is 0.0708 e. The smallest absolute Gasteiger partial charge is 0.0708 e.